The van der Waals surface area contributed by atoms with Gasteiger partial charge in [0.15, 0.2) is 0 Å². The van der Waals surface area contributed by atoms with E-state index in [0.29, 0.717) is 23.3 Å². The van der Waals surface area contributed by atoms with Crippen molar-refractivity contribution in [3.63, 3.8) is 0 Å². The van der Waals surface area contributed by atoms with E-state index < -0.39 is 17.8 Å². The van der Waals surface area contributed by atoms with E-state index >= 15 is 0 Å². The Bertz CT molecular complexity index is 947. The Morgan fingerprint density at radius 3 is 2.38 bits per heavy atom. The Morgan fingerprint density at radius 2 is 1.69 bits per heavy atom. The molecule has 3 saturated carbocycles. The number of hydrogen-bond acceptors (Lipinski definition) is 2. The molecule has 2 N–H and O–H groups in total. The second kappa shape index (κ2) is 7.46. The SMILES string of the molecule is C[C@]12CC[C@H]3[C@@H](CC=C4C[C@@H](O)CC[C@@]43C)[C@@H]1C/C(=C\c1ccc(C(F)(F)F)cc1)[C@@H]2O. The first kappa shape index (κ1) is 22.2. The van der Waals surface area contributed by atoms with Crippen molar-refractivity contribution in [2.45, 2.75) is 77.2 Å². The van der Waals surface area contributed by atoms with Crippen molar-refractivity contribution in [2.24, 2.45) is 28.6 Å². The fraction of sp³-hybridized carbons (Fsp3) is 0.630. The molecule has 3 fully saturated rings. The number of aliphatic hydroxyl groups is 2. The fourth-order valence-electron chi connectivity index (χ4n) is 7.62. The van der Waals surface area contributed by atoms with Gasteiger partial charge in [0, 0.05) is 5.41 Å². The third kappa shape index (κ3) is 3.38. The zero-order chi connectivity index (χ0) is 22.9. The van der Waals surface area contributed by atoms with Gasteiger partial charge in [-0.1, -0.05) is 43.7 Å². The van der Waals surface area contributed by atoms with Crippen LogP contribution < -0.4 is 0 Å². The van der Waals surface area contributed by atoms with Gasteiger partial charge in [-0.3, -0.25) is 0 Å². The van der Waals surface area contributed by atoms with E-state index in [4.69, 9.17) is 0 Å². The summed E-state index contributed by atoms with van der Waals surface area (Å²) in [5, 5.41) is 21.5. The van der Waals surface area contributed by atoms with E-state index in [1.807, 2.05) is 6.08 Å². The lowest BCUT2D eigenvalue weighted by Gasteiger charge is -2.57. The monoisotopic (exact) mass is 446 g/mol. The number of hydrogen-bond donors (Lipinski definition) is 2. The average molecular weight is 447 g/mol. The van der Waals surface area contributed by atoms with Crippen molar-refractivity contribution in [3.8, 4) is 0 Å². The molecule has 0 aliphatic heterocycles. The van der Waals surface area contributed by atoms with Crippen LogP contribution in [-0.2, 0) is 6.18 Å². The summed E-state index contributed by atoms with van der Waals surface area (Å²) in [5.41, 5.74) is 2.41. The van der Waals surface area contributed by atoms with Gasteiger partial charge in [0.25, 0.3) is 0 Å². The topological polar surface area (TPSA) is 40.5 Å². The highest BCUT2D eigenvalue weighted by molar-refractivity contribution is 5.56. The molecule has 0 spiro atoms. The molecule has 0 aromatic heterocycles. The summed E-state index contributed by atoms with van der Waals surface area (Å²) in [7, 11) is 0. The second-order valence-electron chi connectivity index (χ2n) is 11.1. The molecule has 5 heteroatoms. The van der Waals surface area contributed by atoms with Gasteiger partial charge in [0.2, 0.25) is 0 Å². The van der Waals surface area contributed by atoms with Crippen molar-refractivity contribution in [1.82, 2.24) is 0 Å². The first-order valence-electron chi connectivity index (χ1n) is 12.0. The van der Waals surface area contributed by atoms with E-state index in [9.17, 15) is 23.4 Å². The molecule has 7 atom stereocenters. The lowest BCUT2D eigenvalue weighted by Crippen LogP contribution is -2.51. The minimum Gasteiger partial charge on any atom is -0.393 e. The summed E-state index contributed by atoms with van der Waals surface area (Å²) in [6.45, 7) is 4.59. The molecule has 174 valence electrons. The van der Waals surface area contributed by atoms with Crippen LogP contribution >= 0.6 is 0 Å². The van der Waals surface area contributed by atoms with Crippen LogP contribution in [0.1, 0.15) is 69.9 Å². The molecule has 0 radical (unpaired) electrons. The average Bonchev–Trinajstić information content (AvgIpc) is 2.99. The van der Waals surface area contributed by atoms with Gasteiger partial charge in [-0.2, -0.15) is 13.2 Å². The van der Waals surface area contributed by atoms with Crippen LogP contribution in [0.25, 0.3) is 6.08 Å². The standard InChI is InChI=1S/C27H33F3O2/c1-25-11-9-20(31)15-19(25)7-8-21-22(25)10-12-26(2)23(21)14-17(24(26)32)13-16-3-5-18(6-4-16)27(28,29)30/h3-7,13,20-24,31-32H,8-12,14-15H2,1-2H3/b17-13+/t20-,21+,22-,23-,24-,25-,26-/m0/s1. The van der Waals surface area contributed by atoms with Crippen molar-refractivity contribution < 1.29 is 23.4 Å². The van der Waals surface area contributed by atoms with Crippen LogP contribution in [0.3, 0.4) is 0 Å². The molecule has 4 aliphatic rings. The van der Waals surface area contributed by atoms with E-state index in [2.05, 4.69) is 19.9 Å². The Hall–Kier alpha value is -1.59. The van der Waals surface area contributed by atoms with Gasteiger partial charge in [-0.25, -0.2) is 0 Å². The maximum absolute atomic E-state index is 12.9. The van der Waals surface area contributed by atoms with Crippen molar-refractivity contribution in [1.29, 1.82) is 0 Å². The molecule has 0 unspecified atom stereocenters. The third-order valence-corrected chi connectivity index (χ3v) is 9.54. The first-order chi connectivity index (χ1) is 15.0. The quantitative estimate of drug-likeness (QED) is 0.491. The molecule has 4 aliphatic carbocycles. The van der Waals surface area contributed by atoms with Crippen molar-refractivity contribution in [3.05, 3.63) is 52.6 Å². The Balaban J connectivity index is 1.42. The number of rotatable bonds is 1. The summed E-state index contributed by atoms with van der Waals surface area (Å²) in [4.78, 5) is 0. The van der Waals surface area contributed by atoms with Gasteiger partial charge in [-0.15, -0.1) is 0 Å². The van der Waals surface area contributed by atoms with Gasteiger partial charge < -0.3 is 10.2 Å². The highest BCUT2D eigenvalue weighted by Gasteiger charge is 2.59. The van der Waals surface area contributed by atoms with Crippen molar-refractivity contribution in [2.75, 3.05) is 0 Å². The van der Waals surface area contributed by atoms with Crippen LogP contribution in [0.15, 0.2) is 41.5 Å². The molecule has 2 nitrogen and oxygen atoms in total. The minimum absolute atomic E-state index is 0.147. The van der Waals surface area contributed by atoms with Gasteiger partial charge in [-0.05, 0) is 91.4 Å². The van der Waals surface area contributed by atoms with Gasteiger partial charge >= 0.3 is 6.18 Å². The van der Waals surface area contributed by atoms with Crippen LogP contribution in [-0.4, -0.2) is 22.4 Å². The largest absolute Gasteiger partial charge is 0.416 e. The number of benzene rings is 1. The molecular formula is C27H33F3O2. The number of aliphatic hydroxyl groups excluding tert-OH is 2. The van der Waals surface area contributed by atoms with Gasteiger partial charge in [0.05, 0.1) is 17.8 Å². The minimum atomic E-state index is -4.34. The first-order valence-corrected chi connectivity index (χ1v) is 12.0. The molecule has 1 aromatic carbocycles. The van der Waals surface area contributed by atoms with Crippen LogP contribution in [0.2, 0.25) is 0 Å². The Kier molecular flexibility index (Phi) is 5.18. The summed E-state index contributed by atoms with van der Waals surface area (Å²) in [6, 6.07) is 5.23. The lowest BCUT2D eigenvalue weighted by molar-refractivity contribution is -0.137. The second-order valence-corrected chi connectivity index (χ2v) is 11.1. The number of halogens is 3. The van der Waals surface area contributed by atoms with E-state index in [0.717, 1.165) is 62.7 Å². The fourth-order valence-corrected chi connectivity index (χ4v) is 7.62. The van der Waals surface area contributed by atoms with E-state index in [-0.39, 0.29) is 16.9 Å². The van der Waals surface area contributed by atoms with Crippen LogP contribution in [0.4, 0.5) is 13.2 Å². The van der Waals surface area contributed by atoms with Crippen LogP contribution in [0.5, 0.6) is 0 Å². The lowest BCUT2D eigenvalue weighted by atomic mass is 9.48. The molecule has 0 saturated heterocycles. The molecule has 5 rings (SSSR count). The van der Waals surface area contributed by atoms with E-state index in [1.54, 1.807) is 0 Å². The zero-order valence-corrected chi connectivity index (χ0v) is 18.8. The summed E-state index contributed by atoms with van der Waals surface area (Å²) >= 11 is 0. The molecule has 1 aromatic rings. The highest BCUT2D eigenvalue weighted by atomic mass is 19.4. The predicted octanol–water partition coefficient (Wildman–Crippen LogP) is 6.38. The van der Waals surface area contributed by atoms with E-state index in [1.165, 1.54) is 17.7 Å². The zero-order valence-electron chi connectivity index (χ0n) is 18.8. The molecule has 0 bridgehead atoms. The highest BCUT2D eigenvalue weighted by Crippen LogP contribution is 2.65. The summed E-state index contributed by atoms with van der Waals surface area (Å²) in [5.74, 6) is 1.45. The third-order valence-electron chi connectivity index (χ3n) is 9.54. The number of allylic oxidation sites excluding steroid dienone is 1. The number of fused-ring (bicyclic) bond motifs is 5. The Morgan fingerprint density at radius 1 is 0.969 bits per heavy atom. The summed E-state index contributed by atoms with van der Waals surface area (Å²) < 4.78 is 38.7. The maximum atomic E-state index is 12.9. The van der Waals surface area contributed by atoms with Crippen molar-refractivity contribution >= 4 is 6.08 Å². The smallest absolute Gasteiger partial charge is 0.393 e. The summed E-state index contributed by atoms with van der Waals surface area (Å²) in [6.07, 6.45) is 5.73. The van der Waals surface area contributed by atoms with Gasteiger partial charge in [0.1, 0.15) is 0 Å². The molecule has 0 amide bonds. The number of alkyl halides is 3. The Labute approximate surface area is 188 Å². The molecule has 0 heterocycles. The predicted molar refractivity (Wildman–Crippen MR) is 119 cm³/mol. The molecular weight excluding hydrogens is 413 g/mol. The molecule has 32 heavy (non-hydrogen) atoms. The normalized spacial score (nSPS) is 42.8. The maximum Gasteiger partial charge on any atom is 0.416 e. The van der Waals surface area contributed by atoms with Crippen LogP contribution in [0, 0.1) is 28.6 Å².